The van der Waals surface area contributed by atoms with Gasteiger partial charge in [-0.15, -0.1) is 5.73 Å². The van der Waals surface area contributed by atoms with Gasteiger partial charge in [0.05, 0.1) is 0 Å². The molecule has 0 nitrogen and oxygen atoms in total. The van der Waals surface area contributed by atoms with Crippen LogP contribution in [0, 0.1) is 0 Å². The van der Waals surface area contributed by atoms with Gasteiger partial charge in [0.15, 0.2) is 0 Å². The van der Waals surface area contributed by atoms with Crippen LogP contribution < -0.4 is 0 Å². The van der Waals surface area contributed by atoms with E-state index in [0.717, 1.165) is 0 Å². The molecule has 0 N–H and O–H groups in total. The molecule has 0 unspecified atom stereocenters. The van der Waals surface area contributed by atoms with E-state index in [9.17, 15) is 13.2 Å². The lowest BCUT2D eigenvalue weighted by Crippen LogP contribution is -1.80. The maximum absolute atomic E-state index is 11.3. The Hall–Kier alpha value is -0.405. The van der Waals surface area contributed by atoms with Gasteiger partial charge in [0.1, 0.15) is 12.5 Å². The Labute approximate surface area is 40.4 Å². The lowest BCUT2D eigenvalue weighted by molar-refractivity contribution is 0.439. The summed E-state index contributed by atoms with van der Waals surface area (Å²) < 4.78 is 33.3. The van der Waals surface area contributed by atoms with Gasteiger partial charge in [-0.05, 0) is 0 Å². The van der Waals surface area contributed by atoms with Gasteiger partial charge in [-0.3, -0.25) is 4.39 Å². The van der Waals surface area contributed by atoms with E-state index in [-0.39, 0.29) is 0 Å². The van der Waals surface area contributed by atoms with E-state index in [2.05, 4.69) is 7.85 Å². The standard InChI is InChI=1S/C3H2BF3/c4-3(7)2(6)1-5/h1H2/q-1/b3-2+. The number of alkyl halides is 1. The summed E-state index contributed by atoms with van der Waals surface area (Å²) in [6, 6.07) is 0. The highest BCUT2D eigenvalue weighted by atomic mass is 19.2. The minimum absolute atomic E-state index is 1.47. The first kappa shape index (κ1) is 6.59. The van der Waals surface area contributed by atoms with Crippen LogP contribution in [0.1, 0.15) is 0 Å². The van der Waals surface area contributed by atoms with E-state index in [1.807, 2.05) is 0 Å². The first-order chi connectivity index (χ1) is 3.18. The maximum Gasteiger partial charge on any atom is 0.139 e. The molecule has 0 aliphatic carbocycles. The average Bonchev–Trinajstić information content (AvgIpc) is 1.65. The third-order valence-corrected chi connectivity index (χ3v) is 0.376. The van der Waals surface area contributed by atoms with Crippen molar-refractivity contribution in [1.82, 2.24) is 0 Å². The second kappa shape index (κ2) is 2.72. The molecule has 0 aromatic rings. The molecule has 0 bridgehead atoms. The Morgan fingerprint density at radius 1 is 1.43 bits per heavy atom. The SMILES string of the molecule is [B-]/C(F)=C(\F)CF. The molecular formula is C3H2BF3-. The number of rotatable bonds is 1. The summed E-state index contributed by atoms with van der Waals surface area (Å²) in [6.45, 7) is -1.47. The predicted octanol–water partition coefficient (Wildman–Crippen LogP) is 1.23. The van der Waals surface area contributed by atoms with Crippen molar-refractivity contribution < 1.29 is 13.2 Å². The molecular weight excluding hydrogens is 104 g/mol. The summed E-state index contributed by atoms with van der Waals surface area (Å²) in [5.74, 6) is -1.54. The van der Waals surface area contributed by atoms with Crippen molar-refractivity contribution in [3.63, 3.8) is 0 Å². The minimum Gasteiger partial charge on any atom is -0.535 e. The van der Waals surface area contributed by atoms with Crippen molar-refractivity contribution in [2.45, 2.75) is 0 Å². The zero-order chi connectivity index (χ0) is 5.86. The molecule has 0 saturated heterocycles. The van der Waals surface area contributed by atoms with Gasteiger partial charge in [0.2, 0.25) is 0 Å². The summed E-state index contributed by atoms with van der Waals surface area (Å²) in [7, 11) is 4.14. The van der Waals surface area contributed by atoms with Crippen molar-refractivity contribution in [2.24, 2.45) is 0 Å². The lowest BCUT2D eigenvalue weighted by atomic mass is 10.1. The predicted molar refractivity (Wildman–Crippen MR) is 21.0 cm³/mol. The van der Waals surface area contributed by atoms with E-state index in [4.69, 9.17) is 0 Å². The zero-order valence-electron chi connectivity index (χ0n) is 3.42. The number of hydrogen-bond donors (Lipinski definition) is 0. The second-order valence-corrected chi connectivity index (χ2v) is 0.886. The normalized spacial score (nSPS) is 13.7. The quantitative estimate of drug-likeness (QED) is 0.441. The van der Waals surface area contributed by atoms with Crippen molar-refractivity contribution in [1.29, 1.82) is 0 Å². The van der Waals surface area contributed by atoms with E-state index in [1.54, 1.807) is 0 Å². The van der Waals surface area contributed by atoms with Gasteiger partial charge in [-0.2, -0.15) is 0 Å². The molecule has 0 aliphatic rings. The Morgan fingerprint density at radius 3 is 1.86 bits per heavy atom. The molecule has 0 spiro atoms. The van der Waals surface area contributed by atoms with Crippen LogP contribution in [0.25, 0.3) is 0 Å². The Balaban J connectivity index is 3.72. The number of allylic oxidation sites excluding steroid dienone is 1. The smallest absolute Gasteiger partial charge is 0.139 e. The number of hydrogen-bond acceptors (Lipinski definition) is 0. The van der Waals surface area contributed by atoms with E-state index < -0.39 is 18.2 Å². The van der Waals surface area contributed by atoms with E-state index in [0.29, 0.717) is 0 Å². The largest absolute Gasteiger partial charge is 0.535 e. The van der Waals surface area contributed by atoms with Gasteiger partial charge in [0.25, 0.3) is 0 Å². The average molecular weight is 106 g/mol. The molecule has 7 heavy (non-hydrogen) atoms. The van der Waals surface area contributed by atoms with Gasteiger partial charge in [-0.25, -0.2) is 8.78 Å². The first-order valence-electron chi connectivity index (χ1n) is 1.54. The molecule has 0 atom stereocenters. The maximum atomic E-state index is 11.3. The van der Waals surface area contributed by atoms with Crippen LogP contribution in [0.3, 0.4) is 0 Å². The lowest BCUT2D eigenvalue weighted by Gasteiger charge is -1.98. The molecule has 3 radical (unpaired) electrons. The summed E-state index contributed by atoms with van der Waals surface area (Å²) in [5.41, 5.74) is -1.58. The highest BCUT2D eigenvalue weighted by molar-refractivity contribution is 6.20. The molecule has 0 aromatic carbocycles. The Morgan fingerprint density at radius 2 is 1.86 bits per heavy atom. The van der Waals surface area contributed by atoms with Crippen molar-refractivity contribution in [3.05, 3.63) is 11.6 Å². The van der Waals surface area contributed by atoms with Crippen LogP contribution >= 0.6 is 0 Å². The first-order valence-corrected chi connectivity index (χ1v) is 1.54. The fourth-order valence-corrected chi connectivity index (χ4v) is 0.0638. The molecule has 0 heterocycles. The van der Waals surface area contributed by atoms with E-state index in [1.165, 1.54) is 0 Å². The monoisotopic (exact) mass is 106 g/mol. The highest BCUT2D eigenvalue weighted by Crippen LogP contribution is 2.02. The summed E-state index contributed by atoms with van der Waals surface area (Å²) in [6.07, 6.45) is 0. The highest BCUT2D eigenvalue weighted by Gasteiger charge is 1.86. The van der Waals surface area contributed by atoms with Gasteiger partial charge in [-0.1, -0.05) is 0 Å². The third kappa shape index (κ3) is 2.31. The van der Waals surface area contributed by atoms with Crippen LogP contribution in [0.15, 0.2) is 11.6 Å². The van der Waals surface area contributed by atoms with Crippen molar-refractivity contribution >= 4 is 7.85 Å². The van der Waals surface area contributed by atoms with Crippen LogP contribution in [0.2, 0.25) is 0 Å². The molecule has 0 aliphatic heterocycles. The summed E-state index contributed by atoms with van der Waals surface area (Å²) in [5, 5.41) is 0. The molecule has 0 saturated carbocycles. The molecule has 39 valence electrons. The molecule has 4 heteroatoms. The van der Waals surface area contributed by atoms with Crippen LogP contribution in [-0.4, -0.2) is 14.5 Å². The third-order valence-electron chi connectivity index (χ3n) is 0.376. The topological polar surface area (TPSA) is 0 Å². The zero-order valence-corrected chi connectivity index (χ0v) is 3.42. The van der Waals surface area contributed by atoms with Gasteiger partial charge < -0.3 is 7.85 Å². The second-order valence-electron chi connectivity index (χ2n) is 0.886. The molecule has 0 aromatic heterocycles. The fourth-order valence-electron chi connectivity index (χ4n) is 0.0638. The number of halogens is 3. The molecule has 0 fully saturated rings. The Bertz CT molecular complexity index is 84.2. The van der Waals surface area contributed by atoms with Gasteiger partial charge in [0, 0.05) is 0 Å². The van der Waals surface area contributed by atoms with Crippen LogP contribution in [0.5, 0.6) is 0 Å². The fraction of sp³-hybridized carbons (Fsp3) is 0.333. The Kier molecular flexibility index (Phi) is 2.56. The summed E-state index contributed by atoms with van der Waals surface area (Å²) >= 11 is 0. The van der Waals surface area contributed by atoms with Crippen molar-refractivity contribution in [2.75, 3.05) is 6.67 Å². The van der Waals surface area contributed by atoms with Crippen LogP contribution in [-0.2, 0) is 0 Å². The van der Waals surface area contributed by atoms with Gasteiger partial charge >= 0.3 is 0 Å². The minimum atomic E-state index is -1.58. The summed E-state index contributed by atoms with van der Waals surface area (Å²) in [4.78, 5) is 0. The molecule has 0 amide bonds. The molecule has 0 rings (SSSR count). The van der Waals surface area contributed by atoms with Crippen LogP contribution in [0.4, 0.5) is 13.2 Å². The van der Waals surface area contributed by atoms with Crippen molar-refractivity contribution in [3.8, 4) is 0 Å². The van der Waals surface area contributed by atoms with E-state index >= 15 is 0 Å².